The van der Waals surface area contributed by atoms with Crippen molar-refractivity contribution in [3.63, 3.8) is 0 Å². The van der Waals surface area contributed by atoms with Crippen molar-refractivity contribution in [1.82, 2.24) is 0 Å². The molecule has 0 unspecified atom stereocenters. The molecule has 0 radical (unpaired) electrons. The van der Waals surface area contributed by atoms with Crippen LogP contribution in [0.25, 0.3) is 0 Å². The van der Waals surface area contributed by atoms with Crippen molar-refractivity contribution in [1.29, 1.82) is 0 Å². The molecule has 8 nitrogen and oxygen atoms in total. The summed E-state index contributed by atoms with van der Waals surface area (Å²) in [5.41, 5.74) is -1.15. The van der Waals surface area contributed by atoms with Crippen LogP contribution in [0.15, 0.2) is 0 Å². The summed E-state index contributed by atoms with van der Waals surface area (Å²) in [4.78, 5) is 22.7. The van der Waals surface area contributed by atoms with Gasteiger partial charge in [-0.2, -0.15) is 0 Å². The number of carboxylic acid groups (broad SMARTS) is 2. The molecule has 20 heavy (non-hydrogen) atoms. The molecular formula is C12H14O8. The Balaban J connectivity index is 3.99. The van der Waals surface area contributed by atoms with Crippen molar-refractivity contribution in [3.8, 4) is 23.0 Å². The number of hydrogen-bond acceptors (Lipinski definition) is 6. The zero-order valence-corrected chi connectivity index (χ0v) is 11.3. The lowest BCUT2D eigenvalue weighted by Gasteiger charge is -2.19. The van der Waals surface area contributed by atoms with Gasteiger partial charge in [0, 0.05) is 0 Å². The van der Waals surface area contributed by atoms with E-state index in [4.69, 9.17) is 18.9 Å². The monoisotopic (exact) mass is 286 g/mol. The summed E-state index contributed by atoms with van der Waals surface area (Å²) in [6.45, 7) is 0. The molecule has 0 spiro atoms. The van der Waals surface area contributed by atoms with Gasteiger partial charge < -0.3 is 29.2 Å². The molecule has 0 heterocycles. The first kappa shape index (κ1) is 15.4. The van der Waals surface area contributed by atoms with E-state index in [9.17, 15) is 19.8 Å². The fourth-order valence-electron chi connectivity index (χ4n) is 1.83. The van der Waals surface area contributed by atoms with Gasteiger partial charge in [-0.25, -0.2) is 9.59 Å². The number of methoxy groups -OCH3 is 4. The number of aromatic carboxylic acids is 2. The first-order valence-electron chi connectivity index (χ1n) is 5.30. The highest BCUT2D eigenvalue weighted by Gasteiger charge is 2.34. The molecule has 0 atom stereocenters. The van der Waals surface area contributed by atoms with Crippen LogP contribution in [0.3, 0.4) is 0 Å². The quantitative estimate of drug-likeness (QED) is 0.800. The van der Waals surface area contributed by atoms with Gasteiger partial charge in [-0.05, 0) is 0 Å². The molecule has 0 saturated heterocycles. The van der Waals surface area contributed by atoms with Crippen LogP contribution in [-0.4, -0.2) is 50.6 Å². The Bertz CT molecular complexity index is 500. The number of benzene rings is 1. The Morgan fingerprint density at radius 1 is 0.650 bits per heavy atom. The van der Waals surface area contributed by atoms with Crippen LogP contribution in [0.1, 0.15) is 20.7 Å². The standard InChI is InChI=1S/C12H14O8/c1-17-7-5(11(13)14)6(12(15)16)8(18-2)10(20-4)9(7)19-3/h1-4H3,(H,13,14)(H,15,16). The van der Waals surface area contributed by atoms with Gasteiger partial charge in [0.15, 0.2) is 11.5 Å². The zero-order valence-electron chi connectivity index (χ0n) is 11.3. The maximum Gasteiger partial charge on any atom is 0.340 e. The number of carboxylic acids is 2. The van der Waals surface area contributed by atoms with Crippen molar-refractivity contribution in [2.75, 3.05) is 28.4 Å². The zero-order chi connectivity index (χ0) is 15.4. The lowest BCUT2D eigenvalue weighted by Crippen LogP contribution is -2.14. The number of carbonyl (C=O) groups is 2. The highest BCUT2D eigenvalue weighted by molar-refractivity contribution is 6.07. The fraction of sp³-hybridized carbons (Fsp3) is 0.333. The molecule has 0 aliphatic rings. The van der Waals surface area contributed by atoms with E-state index in [0.29, 0.717) is 0 Å². The molecule has 1 rings (SSSR count). The van der Waals surface area contributed by atoms with Crippen LogP contribution < -0.4 is 18.9 Å². The molecule has 1 aromatic rings. The maximum absolute atomic E-state index is 11.3. The second-order valence-electron chi connectivity index (χ2n) is 3.49. The molecule has 0 bridgehead atoms. The minimum absolute atomic E-state index is 0.0609. The largest absolute Gasteiger partial charge is 0.492 e. The summed E-state index contributed by atoms with van der Waals surface area (Å²) in [6, 6.07) is 0. The van der Waals surface area contributed by atoms with Gasteiger partial charge in [-0.1, -0.05) is 0 Å². The van der Waals surface area contributed by atoms with Gasteiger partial charge in [0.05, 0.1) is 28.4 Å². The molecule has 0 saturated carbocycles. The van der Waals surface area contributed by atoms with E-state index in [0.717, 1.165) is 0 Å². The minimum Gasteiger partial charge on any atom is -0.492 e. The Hall–Kier alpha value is -2.64. The van der Waals surface area contributed by atoms with Crippen molar-refractivity contribution in [2.24, 2.45) is 0 Å². The van der Waals surface area contributed by atoms with E-state index in [1.165, 1.54) is 28.4 Å². The average Bonchev–Trinajstić information content (AvgIpc) is 2.42. The van der Waals surface area contributed by atoms with E-state index >= 15 is 0 Å². The molecule has 0 amide bonds. The average molecular weight is 286 g/mol. The number of rotatable bonds is 6. The van der Waals surface area contributed by atoms with Gasteiger partial charge in [-0.3, -0.25) is 0 Å². The normalized spacial score (nSPS) is 9.80. The van der Waals surface area contributed by atoms with Crippen LogP contribution >= 0.6 is 0 Å². The summed E-state index contributed by atoms with van der Waals surface area (Å²) >= 11 is 0. The highest BCUT2D eigenvalue weighted by Crippen LogP contribution is 2.49. The van der Waals surface area contributed by atoms with Crippen molar-refractivity contribution in [2.45, 2.75) is 0 Å². The second kappa shape index (κ2) is 6.00. The van der Waals surface area contributed by atoms with Gasteiger partial charge in [0.2, 0.25) is 11.5 Å². The smallest absolute Gasteiger partial charge is 0.340 e. The number of ether oxygens (including phenoxy) is 4. The molecule has 0 fully saturated rings. The van der Waals surface area contributed by atoms with Crippen LogP contribution in [0, 0.1) is 0 Å². The molecular weight excluding hydrogens is 272 g/mol. The molecule has 8 heteroatoms. The van der Waals surface area contributed by atoms with Crippen molar-refractivity contribution >= 4 is 11.9 Å². The van der Waals surface area contributed by atoms with Crippen LogP contribution in [0.2, 0.25) is 0 Å². The topological polar surface area (TPSA) is 112 Å². The van der Waals surface area contributed by atoms with Crippen molar-refractivity contribution < 1.29 is 38.7 Å². The Morgan fingerprint density at radius 2 is 0.900 bits per heavy atom. The Kier molecular flexibility index (Phi) is 4.63. The molecule has 0 aromatic heterocycles. The van der Waals surface area contributed by atoms with E-state index in [1.54, 1.807) is 0 Å². The fourth-order valence-corrected chi connectivity index (χ4v) is 1.83. The van der Waals surface area contributed by atoms with Crippen LogP contribution in [0.4, 0.5) is 0 Å². The first-order valence-corrected chi connectivity index (χ1v) is 5.30. The second-order valence-corrected chi connectivity index (χ2v) is 3.49. The first-order chi connectivity index (χ1) is 9.44. The predicted molar refractivity (Wildman–Crippen MR) is 66.6 cm³/mol. The van der Waals surface area contributed by atoms with Gasteiger partial charge >= 0.3 is 11.9 Å². The van der Waals surface area contributed by atoms with Gasteiger partial charge in [0.1, 0.15) is 11.1 Å². The third-order valence-corrected chi connectivity index (χ3v) is 2.57. The summed E-state index contributed by atoms with van der Waals surface area (Å²) in [6.07, 6.45) is 0. The highest BCUT2D eigenvalue weighted by atomic mass is 16.5. The molecule has 1 aromatic carbocycles. The minimum atomic E-state index is -1.49. The summed E-state index contributed by atoms with van der Waals surface area (Å²) in [5, 5.41) is 18.5. The molecule has 0 aliphatic carbocycles. The van der Waals surface area contributed by atoms with Gasteiger partial charge in [-0.15, -0.1) is 0 Å². The lowest BCUT2D eigenvalue weighted by atomic mass is 10.0. The van der Waals surface area contributed by atoms with E-state index < -0.39 is 23.1 Å². The predicted octanol–water partition coefficient (Wildman–Crippen LogP) is 1.12. The number of hydrogen-bond donors (Lipinski definition) is 2. The van der Waals surface area contributed by atoms with E-state index in [-0.39, 0.29) is 23.0 Å². The Morgan fingerprint density at radius 3 is 1.05 bits per heavy atom. The Labute approximate surface area is 114 Å². The van der Waals surface area contributed by atoms with E-state index in [1.807, 2.05) is 0 Å². The molecule has 0 aliphatic heterocycles. The maximum atomic E-state index is 11.3. The van der Waals surface area contributed by atoms with Gasteiger partial charge in [0.25, 0.3) is 0 Å². The van der Waals surface area contributed by atoms with E-state index in [2.05, 4.69) is 0 Å². The summed E-state index contributed by atoms with van der Waals surface area (Å²) in [5.74, 6) is -3.61. The SMILES string of the molecule is COc1c(OC)c(OC)c(C(=O)O)c(C(=O)O)c1OC. The lowest BCUT2D eigenvalue weighted by molar-refractivity contribution is 0.0643. The van der Waals surface area contributed by atoms with Crippen LogP contribution in [0.5, 0.6) is 23.0 Å². The third kappa shape index (κ3) is 2.27. The van der Waals surface area contributed by atoms with Crippen LogP contribution in [-0.2, 0) is 0 Å². The van der Waals surface area contributed by atoms with Crippen molar-refractivity contribution in [3.05, 3.63) is 11.1 Å². The molecule has 110 valence electrons. The summed E-state index contributed by atoms with van der Waals surface area (Å²) in [7, 11) is 4.93. The molecule has 2 N–H and O–H groups in total. The third-order valence-electron chi connectivity index (χ3n) is 2.57. The summed E-state index contributed by atoms with van der Waals surface area (Å²) < 4.78 is 20.0.